The quantitative estimate of drug-likeness (QED) is 0.898. The standard InChI is InChI=1S/C16H17N3O3/c20-16(21)12-3-1-2-11(10-12)14-15(19-9-8-18-14)22-13-4-6-17-7-5-13/h1-3,8-10,13,17H,4-7H2,(H,20,21). The van der Waals surface area contributed by atoms with E-state index in [0.717, 1.165) is 25.9 Å². The van der Waals surface area contributed by atoms with Crippen LogP contribution < -0.4 is 10.1 Å². The number of hydrogen-bond donors (Lipinski definition) is 2. The number of aromatic nitrogens is 2. The van der Waals surface area contributed by atoms with E-state index in [0.29, 0.717) is 17.1 Å². The molecule has 0 spiro atoms. The highest BCUT2D eigenvalue weighted by Gasteiger charge is 2.18. The average molecular weight is 299 g/mol. The van der Waals surface area contributed by atoms with Crippen LogP contribution in [-0.4, -0.2) is 40.2 Å². The van der Waals surface area contributed by atoms with Crippen molar-refractivity contribution in [3.8, 4) is 17.1 Å². The van der Waals surface area contributed by atoms with Gasteiger partial charge in [0.15, 0.2) is 0 Å². The molecule has 2 aromatic rings. The summed E-state index contributed by atoms with van der Waals surface area (Å²) in [6.45, 7) is 1.85. The van der Waals surface area contributed by atoms with Crippen molar-refractivity contribution in [2.24, 2.45) is 0 Å². The topological polar surface area (TPSA) is 84.3 Å². The van der Waals surface area contributed by atoms with Gasteiger partial charge in [0.25, 0.3) is 0 Å². The predicted octanol–water partition coefficient (Wildman–Crippen LogP) is 1.97. The molecule has 114 valence electrons. The van der Waals surface area contributed by atoms with E-state index in [9.17, 15) is 4.79 Å². The second-order valence-electron chi connectivity index (χ2n) is 5.16. The molecule has 0 unspecified atom stereocenters. The smallest absolute Gasteiger partial charge is 0.335 e. The van der Waals surface area contributed by atoms with Crippen molar-refractivity contribution in [2.75, 3.05) is 13.1 Å². The highest BCUT2D eigenvalue weighted by atomic mass is 16.5. The number of hydrogen-bond acceptors (Lipinski definition) is 5. The lowest BCUT2D eigenvalue weighted by Crippen LogP contribution is -2.34. The summed E-state index contributed by atoms with van der Waals surface area (Å²) in [7, 11) is 0. The third kappa shape index (κ3) is 3.23. The predicted molar refractivity (Wildman–Crippen MR) is 80.9 cm³/mol. The number of carboxylic acid groups (broad SMARTS) is 1. The molecule has 6 nitrogen and oxygen atoms in total. The first-order valence-corrected chi connectivity index (χ1v) is 7.26. The number of ether oxygens (including phenoxy) is 1. The maximum Gasteiger partial charge on any atom is 0.335 e. The molecule has 1 aromatic carbocycles. The second kappa shape index (κ2) is 6.53. The summed E-state index contributed by atoms with van der Waals surface area (Å²) in [6.07, 6.45) is 5.12. The molecule has 1 aromatic heterocycles. The van der Waals surface area contributed by atoms with E-state index in [1.165, 1.54) is 0 Å². The Hall–Kier alpha value is -2.47. The summed E-state index contributed by atoms with van der Waals surface area (Å²) >= 11 is 0. The van der Waals surface area contributed by atoms with Crippen LogP contribution in [0.5, 0.6) is 5.88 Å². The summed E-state index contributed by atoms with van der Waals surface area (Å²) < 4.78 is 5.98. The number of carboxylic acids is 1. The van der Waals surface area contributed by atoms with Crippen LogP contribution in [0.1, 0.15) is 23.2 Å². The summed E-state index contributed by atoms with van der Waals surface area (Å²) in [4.78, 5) is 19.7. The zero-order valence-corrected chi connectivity index (χ0v) is 12.0. The van der Waals surface area contributed by atoms with Gasteiger partial charge in [-0.3, -0.25) is 0 Å². The Kier molecular flexibility index (Phi) is 4.29. The van der Waals surface area contributed by atoms with Crippen LogP contribution in [0.15, 0.2) is 36.7 Å². The van der Waals surface area contributed by atoms with Gasteiger partial charge >= 0.3 is 5.97 Å². The van der Waals surface area contributed by atoms with E-state index in [1.807, 2.05) is 6.07 Å². The molecule has 0 radical (unpaired) electrons. The molecule has 0 amide bonds. The van der Waals surface area contributed by atoms with E-state index in [4.69, 9.17) is 9.84 Å². The number of rotatable bonds is 4. The first kappa shape index (κ1) is 14.5. The first-order chi connectivity index (χ1) is 10.7. The van der Waals surface area contributed by atoms with Gasteiger partial charge in [-0.1, -0.05) is 12.1 Å². The van der Waals surface area contributed by atoms with Gasteiger partial charge in [0.1, 0.15) is 11.8 Å². The molecule has 1 aliphatic rings. The molecule has 0 bridgehead atoms. The molecule has 0 aliphatic carbocycles. The van der Waals surface area contributed by atoms with Gasteiger partial charge in [-0.05, 0) is 38.1 Å². The van der Waals surface area contributed by atoms with Gasteiger partial charge in [0.2, 0.25) is 5.88 Å². The minimum atomic E-state index is -0.966. The SMILES string of the molecule is O=C(O)c1cccc(-c2nccnc2OC2CCNCC2)c1. The van der Waals surface area contributed by atoms with Crippen LogP contribution >= 0.6 is 0 Å². The summed E-state index contributed by atoms with van der Waals surface area (Å²) in [5.41, 5.74) is 1.48. The lowest BCUT2D eigenvalue weighted by Gasteiger charge is -2.23. The van der Waals surface area contributed by atoms with Gasteiger partial charge in [-0.2, -0.15) is 0 Å². The average Bonchev–Trinajstić information content (AvgIpc) is 2.56. The van der Waals surface area contributed by atoms with Crippen LogP contribution in [0.3, 0.4) is 0 Å². The van der Waals surface area contributed by atoms with Gasteiger partial charge in [0, 0.05) is 18.0 Å². The molecule has 2 heterocycles. The van der Waals surface area contributed by atoms with E-state index < -0.39 is 5.97 Å². The Morgan fingerprint density at radius 2 is 2.00 bits per heavy atom. The van der Waals surface area contributed by atoms with Gasteiger partial charge < -0.3 is 15.2 Å². The Labute approximate surface area is 128 Å². The lowest BCUT2D eigenvalue weighted by molar-refractivity contribution is 0.0697. The number of benzene rings is 1. The molecule has 2 N–H and O–H groups in total. The van der Waals surface area contributed by atoms with Crippen LogP contribution in [0.2, 0.25) is 0 Å². The van der Waals surface area contributed by atoms with Crippen LogP contribution in [0.25, 0.3) is 11.3 Å². The number of nitrogens with one attached hydrogen (secondary N) is 1. The monoisotopic (exact) mass is 299 g/mol. The van der Waals surface area contributed by atoms with Crippen molar-refractivity contribution >= 4 is 5.97 Å². The molecular formula is C16H17N3O3. The molecule has 3 rings (SSSR count). The van der Waals surface area contributed by atoms with Crippen molar-refractivity contribution < 1.29 is 14.6 Å². The Balaban J connectivity index is 1.90. The molecule has 0 atom stereocenters. The molecule has 0 saturated carbocycles. The fourth-order valence-electron chi connectivity index (χ4n) is 2.48. The summed E-state index contributed by atoms with van der Waals surface area (Å²) in [6, 6.07) is 6.64. The number of nitrogens with zero attached hydrogens (tertiary/aromatic N) is 2. The number of carbonyl (C=O) groups is 1. The van der Waals surface area contributed by atoms with Gasteiger partial charge in [-0.15, -0.1) is 0 Å². The van der Waals surface area contributed by atoms with Crippen molar-refractivity contribution in [3.63, 3.8) is 0 Å². The molecule has 1 fully saturated rings. The Morgan fingerprint density at radius 3 is 2.77 bits per heavy atom. The third-order valence-electron chi connectivity index (χ3n) is 3.61. The van der Waals surface area contributed by atoms with Crippen LogP contribution in [-0.2, 0) is 0 Å². The maximum atomic E-state index is 11.1. The molecule has 1 saturated heterocycles. The first-order valence-electron chi connectivity index (χ1n) is 7.26. The minimum Gasteiger partial charge on any atom is -0.478 e. The van der Waals surface area contributed by atoms with Crippen molar-refractivity contribution in [1.82, 2.24) is 15.3 Å². The fraction of sp³-hybridized carbons (Fsp3) is 0.312. The molecule has 22 heavy (non-hydrogen) atoms. The Bertz CT molecular complexity index is 669. The lowest BCUT2D eigenvalue weighted by atomic mass is 10.1. The normalized spacial score (nSPS) is 15.5. The zero-order chi connectivity index (χ0) is 15.4. The molecule has 6 heteroatoms. The van der Waals surface area contributed by atoms with Crippen molar-refractivity contribution in [3.05, 3.63) is 42.2 Å². The Morgan fingerprint density at radius 1 is 1.23 bits per heavy atom. The highest BCUT2D eigenvalue weighted by molar-refractivity contribution is 5.89. The van der Waals surface area contributed by atoms with Crippen LogP contribution in [0.4, 0.5) is 0 Å². The van der Waals surface area contributed by atoms with E-state index >= 15 is 0 Å². The van der Waals surface area contributed by atoms with E-state index in [2.05, 4.69) is 15.3 Å². The largest absolute Gasteiger partial charge is 0.478 e. The summed E-state index contributed by atoms with van der Waals surface area (Å²) in [5.74, 6) is -0.511. The molecular weight excluding hydrogens is 282 g/mol. The highest BCUT2D eigenvalue weighted by Crippen LogP contribution is 2.27. The number of piperidine rings is 1. The van der Waals surface area contributed by atoms with Crippen LogP contribution in [0, 0.1) is 0 Å². The van der Waals surface area contributed by atoms with Gasteiger partial charge in [-0.25, -0.2) is 14.8 Å². The fourth-order valence-corrected chi connectivity index (χ4v) is 2.48. The maximum absolute atomic E-state index is 11.1. The molecule has 1 aliphatic heterocycles. The van der Waals surface area contributed by atoms with E-state index in [-0.39, 0.29) is 11.7 Å². The third-order valence-corrected chi connectivity index (χ3v) is 3.61. The zero-order valence-electron chi connectivity index (χ0n) is 12.0. The second-order valence-corrected chi connectivity index (χ2v) is 5.16. The minimum absolute atomic E-state index is 0.111. The number of aromatic carboxylic acids is 1. The van der Waals surface area contributed by atoms with Gasteiger partial charge in [0.05, 0.1) is 5.56 Å². The van der Waals surface area contributed by atoms with Crippen molar-refractivity contribution in [2.45, 2.75) is 18.9 Å². The summed E-state index contributed by atoms with van der Waals surface area (Å²) in [5, 5.41) is 12.4. The van der Waals surface area contributed by atoms with Crippen molar-refractivity contribution in [1.29, 1.82) is 0 Å². The van der Waals surface area contributed by atoms with E-state index in [1.54, 1.807) is 30.6 Å².